The molecule has 30 nitrogen and oxygen atoms in total. The number of ether oxygens (including phenoxy) is 1. The second-order valence-corrected chi connectivity index (χ2v) is 21.2. The van der Waals surface area contributed by atoms with Crippen molar-refractivity contribution in [3.63, 3.8) is 0 Å². The third kappa shape index (κ3) is 21.3. The van der Waals surface area contributed by atoms with Crippen LogP contribution in [-0.2, 0) is 71.9 Å². The van der Waals surface area contributed by atoms with Gasteiger partial charge in [-0.15, -0.1) is 0 Å². The van der Waals surface area contributed by atoms with E-state index in [1.54, 1.807) is 50.4 Å². The van der Waals surface area contributed by atoms with Gasteiger partial charge in [-0.2, -0.15) is 0 Å². The summed E-state index contributed by atoms with van der Waals surface area (Å²) in [6, 6.07) is 8.71. The third-order valence-corrected chi connectivity index (χ3v) is 13.8. The van der Waals surface area contributed by atoms with Crippen LogP contribution in [0.1, 0.15) is 70.1 Å². The Morgan fingerprint density at radius 3 is 1.94 bits per heavy atom. The summed E-state index contributed by atoms with van der Waals surface area (Å²) in [4.78, 5) is 157. The van der Waals surface area contributed by atoms with Crippen molar-refractivity contribution in [2.24, 2.45) is 28.1 Å². The number of nitrogens with two attached hydrogens (primary N) is 3. The van der Waals surface area contributed by atoms with E-state index in [4.69, 9.17) is 21.9 Å². The second-order valence-electron chi connectivity index (χ2n) is 21.2. The van der Waals surface area contributed by atoms with Gasteiger partial charge in [-0.3, -0.25) is 58.4 Å². The van der Waals surface area contributed by atoms with Crippen LogP contribution in [0.4, 0.5) is 4.79 Å². The molecule has 19 N–H and O–H groups in total. The fraction of sp³-hybridized carbons (Fsp3) is 0.439. The minimum atomic E-state index is -1.87. The highest BCUT2D eigenvalue weighted by Gasteiger charge is 2.41. The molecule has 0 spiro atoms. The van der Waals surface area contributed by atoms with Gasteiger partial charge in [-0.1, -0.05) is 74.5 Å². The Balaban J connectivity index is 1.27. The minimum absolute atomic E-state index is 0.0162. The van der Waals surface area contributed by atoms with E-state index in [1.807, 2.05) is 24.3 Å². The normalized spacial score (nSPS) is 15.8. The first-order chi connectivity index (χ1) is 41.3. The predicted octanol–water partition coefficient (Wildman–Crippen LogP) is -3.18. The summed E-state index contributed by atoms with van der Waals surface area (Å²) < 4.78 is 5.44. The number of carbonyl (C=O) groups is 11. The van der Waals surface area contributed by atoms with Gasteiger partial charge in [0.25, 0.3) is 5.91 Å². The van der Waals surface area contributed by atoms with Crippen molar-refractivity contribution >= 4 is 82.0 Å². The highest BCUT2D eigenvalue weighted by atomic mass is 16.5. The number of H-pyrrole nitrogens is 1. The number of nitrogens with zero attached hydrogens (tertiary/aromatic N) is 2. The molecule has 0 unspecified atom stereocenters. The van der Waals surface area contributed by atoms with Gasteiger partial charge in [0.1, 0.15) is 60.8 Å². The summed E-state index contributed by atoms with van der Waals surface area (Å²) in [5.41, 5.74) is 24.0. The number of aromatic hydroxyl groups is 1. The summed E-state index contributed by atoms with van der Waals surface area (Å²) in [7, 11) is 1.48. The first-order valence-corrected chi connectivity index (χ1v) is 28.0. The summed E-state index contributed by atoms with van der Waals surface area (Å²) in [5.74, 6) is -9.27. The van der Waals surface area contributed by atoms with Gasteiger partial charge in [-0.25, -0.2) is 10.2 Å². The number of carbonyl (C=O) groups excluding carboxylic acids is 11. The quantitative estimate of drug-likeness (QED) is 0.0106. The van der Waals surface area contributed by atoms with Gasteiger partial charge in [0, 0.05) is 56.9 Å². The molecule has 3 aromatic carbocycles. The number of aliphatic imine (C=N–C) groups is 1. The Hall–Kier alpha value is -9.84. The lowest BCUT2D eigenvalue weighted by Crippen LogP contribution is -2.62. The monoisotopic (exact) mass is 1210 g/mol. The van der Waals surface area contributed by atoms with Crippen molar-refractivity contribution in [2.75, 3.05) is 26.9 Å². The maximum absolute atomic E-state index is 14.1. The number of nitrogens with one attached hydrogen (secondary N) is 11. The van der Waals surface area contributed by atoms with Gasteiger partial charge >= 0.3 is 6.03 Å². The molecule has 1 aliphatic heterocycles. The topological polar surface area (TPSA) is 467 Å². The molecule has 1 saturated heterocycles. The number of primary amides is 2. The number of aromatic nitrogens is 1. The average Bonchev–Trinajstić information content (AvgIpc) is 2.40. The van der Waals surface area contributed by atoms with Crippen LogP contribution >= 0.6 is 0 Å². The zero-order chi connectivity index (χ0) is 63.9. The van der Waals surface area contributed by atoms with Crippen LogP contribution in [0.3, 0.4) is 0 Å². The molecule has 12 amide bonds. The van der Waals surface area contributed by atoms with E-state index in [2.05, 4.69) is 63.4 Å². The molecule has 1 aromatic heterocycles. The molecule has 0 radical (unpaired) electrons. The SMILES string of the molecule is CN=C(N)NCCC[C@H](NC(=O)[C@H](CC(C)C)NC(=O)NNC(=O)[C@H](Cc1ccccc1)NC(=O)[C@@H](NC(=O)[C@H](CC(N)=O)NC(=O)[C@@H]1COCN1C(=O)[C@@H](Cc1ccc(O)cc1)NC(C)=O)[C@@H](C)O)C(=O)N[C@@H](Cc1c[nH]c2ccccc12)C(N)=O. The molecule has 0 saturated carbocycles. The average molecular weight is 1210 g/mol. The maximum Gasteiger partial charge on any atom is 0.334 e. The van der Waals surface area contributed by atoms with Crippen molar-refractivity contribution in [3.05, 3.63) is 102 Å². The molecule has 1 fully saturated rings. The largest absolute Gasteiger partial charge is 0.508 e. The van der Waals surface area contributed by atoms with E-state index in [0.717, 1.165) is 22.7 Å². The lowest BCUT2D eigenvalue weighted by Gasteiger charge is -2.29. The number of benzene rings is 3. The van der Waals surface area contributed by atoms with Gasteiger partial charge in [0.2, 0.25) is 53.2 Å². The summed E-state index contributed by atoms with van der Waals surface area (Å²) in [6.45, 7) is 5.32. The zero-order valence-corrected chi connectivity index (χ0v) is 48.8. The Bertz CT molecular complexity index is 3100. The Morgan fingerprint density at radius 2 is 1.30 bits per heavy atom. The fourth-order valence-corrected chi connectivity index (χ4v) is 9.31. The number of aliphatic hydroxyl groups is 1. The number of aromatic amines is 1. The number of aliphatic hydroxyl groups excluding tert-OH is 1. The molecule has 30 heteroatoms. The zero-order valence-electron chi connectivity index (χ0n) is 48.8. The molecule has 0 aliphatic carbocycles. The van der Waals surface area contributed by atoms with Crippen molar-refractivity contribution < 1.29 is 67.7 Å². The number of hydrogen-bond acceptors (Lipinski definition) is 15. The third-order valence-electron chi connectivity index (χ3n) is 13.8. The molecule has 470 valence electrons. The Morgan fingerprint density at radius 1 is 0.678 bits per heavy atom. The van der Waals surface area contributed by atoms with Crippen LogP contribution in [0.15, 0.2) is 90.1 Å². The number of phenolic OH excluding ortho intramolecular Hbond substituents is 1. The van der Waals surface area contributed by atoms with Crippen LogP contribution in [0, 0.1) is 5.92 Å². The number of fused-ring (bicyclic) bond motifs is 1. The van der Waals surface area contributed by atoms with E-state index in [1.165, 1.54) is 38.2 Å². The molecular formula is C57H78N16O14. The molecular weight excluding hydrogens is 1130 g/mol. The predicted molar refractivity (Wildman–Crippen MR) is 315 cm³/mol. The van der Waals surface area contributed by atoms with Gasteiger partial charge < -0.3 is 84.6 Å². The van der Waals surface area contributed by atoms with E-state index < -0.39 is 133 Å². The summed E-state index contributed by atoms with van der Waals surface area (Å²) in [5, 5.41) is 41.8. The number of amides is 12. The standard InChI is InChI=1S/C57H78N16O14/c1-30(2)22-41(50(80)65-39(16-11-21-62-56(60)61-5)49(79)66-40(48(59)78)25-35-27-63-38-15-10-9-14-37(35)38)69-57(86)72-71-52(82)42(23-33-12-7-6-8-13-33)68-54(84)47(31(3)74)70-51(81)43(26-46(58)77)67-53(83)45-28-87-29-73(45)55(85)44(64-32(4)75)24-34-17-19-36(76)20-18-34/h6-10,12-15,17-20,27,30-31,39-45,47,63,74,76H,11,16,21-26,28-29H2,1-5H3,(H2,58,77)(H2,59,78)(H,64,75)(H,65,80)(H,66,79)(H,67,83)(H,68,84)(H,70,81)(H,71,82)(H3,60,61,62)(H2,69,72,86)/t31-,39+,40+,41+,42+,43+,44-,45+,47+/m1/s1. The van der Waals surface area contributed by atoms with E-state index in [9.17, 15) is 63.0 Å². The number of phenols is 1. The highest BCUT2D eigenvalue weighted by molar-refractivity contribution is 5.99. The van der Waals surface area contributed by atoms with Crippen LogP contribution in [0.2, 0.25) is 0 Å². The number of para-hydroxylation sites is 1. The van der Waals surface area contributed by atoms with Crippen LogP contribution < -0.4 is 70.6 Å². The lowest BCUT2D eigenvalue weighted by atomic mass is 10.0. The smallest absolute Gasteiger partial charge is 0.334 e. The number of urea groups is 1. The molecule has 2 heterocycles. The van der Waals surface area contributed by atoms with Gasteiger partial charge in [0.15, 0.2) is 5.96 Å². The van der Waals surface area contributed by atoms with Crippen LogP contribution in [-0.4, -0.2) is 173 Å². The Kier molecular flexibility index (Phi) is 25.8. The van der Waals surface area contributed by atoms with Gasteiger partial charge in [-0.05, 0) is 67.0 Å². The lowest BCUT2D eigenvalue weighted by molar-refractivity contribution is -0.142. The molecule has 1 aliphatic rings. The first-order valence-electron chi connectivity index (χ1n) is 28.0. The molecule has 0 bridgehead atoms. The first kappa shape index (κ1) is 67.9. The maximum atomic E-state index is 14.1. The van der Waals surface area contributed by atoms with Gasteiger partial charge in [0.05, 0.1) is 19.1 Å². The van der Waals surface area contributed by atoms with Crippen LogP contribution in [0.25, 0.3) is 10.9 Å². The highest BCUT2D eigenvalue weighted by Crippen LogP contribution is 2.20. The number of rotatable bonds is 30. The minimum Gasteiger partial charge on any atom is -0.508 e. The van der Waals surface area contributed by atoms with E-state index in [0.29, 0.717) is 16.7 Å². The van der Waals surface area contributed by atoms with Crippen LogP contribution in [0.5, 0.6) is 5.75 Å². The summed E-state index contributed by atoms with van der Waals surface area (Å²) in [6.07, 6.45) is -0.784. The second kappa shape index (κ2) is 33.0. The number of hydrazine groups is 1. The Labute approximate surface area is 501 Å². The number of hydrogen-bond donors (Lipinski definition) is 16. The van der Waals surface area contributed by atoms with Crippen molar-refractivity contribution in [2.45, 2.75) is 127 Å². The van der Waals surface area contributed by atoms with E-state index in [-0.39, 0.29) is 69.3 Å². The van der Waals surface area contributed by atoms with Crippen molar-refractivity contribution in [1.82, 2.24) is 63.3 Å². The fourth-order valence-electron chi connectivity index (χ4n) is 9.31. The van der Waals surface area contributed by atoms with Crippen molar-refractivity contribution in [3.8, 4) is 5.75 Å². The van der Waals surface area contributed by atoms with E-state index >= 15 is 0 Å². The molecule has 5 rings (SSSR count). The summed E-state index contributed by atoms with van der Waals surface area (Å²) >= 11 is 0. The molecule has 4 aromatic rings. The number of guanidine groups is 1. The van der Waals surface area contributed by atoms with Crippen molar-refractivity contribution in [1.29, 1.82) is 0 Å². The molecule has 9 atom stereocenters. The molecule has 87 heavy (non-hydrogen) atoms.